The van der Waals surface area contributed by atoms with Gasteiger partial charge in [0.2, 0.25) is 0 Å². The Labute approximate surface area is 109 Å². The summed E-state index contributed by atoms with van der Waals surface area (Å²) in [7, 11) is 1.71. The molecule has 19 heavy (non-hydrogen) atoms. The van der Waals surface area contributed by atoms with Crippen molar-refractivity contribution in [3.8, 4) is 12.1 Å². The number of nitriles is 2. The summed E-state index contributed by atoms with van der Waals surface area (Å²) >= 11 is 0. The molecule has 96 valence electrons. The highest BCUT2D eigenvalue weighted by Crippen LogP contribution is 2.09. The van der Waals surface area contributed by atoms with Gasteiger partial charge < -0.3 is 0 Å². The van der Waals surface area contributed by atoms with Crippen molar-refractivity contribution in [1.29, 1.82) is 10.5 Å². The Bertz CT molecular complexity index is 729. The summed E-state index contributed by atoms with van der Waals surface area (Å²) < 4.78 is 2.92. The Morgan fingerprint density at radius 1 is 1.47 bits per heavy atom. The van der Waals surface area contributed by atoms with E-state index in [2.05, 4.69) is 16.2 Å². The second-order valence-corrected chi connectivity index (χ2v) is 4.23. The monoisotopic (exact) mass is 256 g/mol. The number of nitrogens with zero attached hydrogens (tertiary/aromatic N) is 6. The third-order valence-corrected chi connectivity index (χ3v) is 2.92. The lowest BCUT2D eigenvalue weighted by molar-refractivity contribution is 0.498. The Morgan fingerprint density at radius 3 is 2.95 bits per heavy atom. The number of hydrogen-bond acceptors (Lipinski definition) is 5. The predicted octanol–water partition coefficient (Wildman–Crippen LogP) is 0.574. The van der Waals surface area contributed by atoms with Gasteiger partial charge in [-0.2, -0.15) is 15.6 Å². The zero-order chi connectivity index (χ0) is 13.8. The number of hydrogen-bond donors (Lipinski definition) is 0. The maximum Gasteiger partial charge on any atom is 0.264 e. The molecule has 0 aliphatic carbocycles. The van der Waals surface area contributed by atoms with Gasteiger partial charge in [-0.1, -0.05) is 0 Å². The Balaban J connectivity index is 2.31. The van der Waals surface area contributed by atoms with Gasteiger partial charge in [0.15, 0.2) is 5.65 Å². The number of rotatable bonds is 4. The molecule has 1 atom stereocenters. The van der Waals surface area contributed by atoms with E-state index in [9.17, 15) is 4.79 Å². The molecule has 2 heterocycles. The third kappa shape index (κ3) is 2.45. The first kappa shape index (κ1) is 12.8. The minimum absolute atomic E-state index is 0.213. The van der Waals surface area contributed by atoms with Crippen LogP contribution in [0, 0.1) is 28.6 Å². The van der Waals surface area contributed by atoms with Crippen molar-refractivity contribution in [2.45, 2.75) is 19.4 Å². The quantitative estimate of drug-likeness (QED) is 0.796. The molecule has 0 fully saturated rings. The van der Waals surface area contributed by atoms with Crippen LogP contribution in [0.25, 0.3) is 11.0 Å². The van der Waals surface area contributed by atoms with E-state index in [0.29, 0.717) is 23.9 Å². The van der Waals surface area contributed by atoms with E-state index in [0.717, 1.165) is 0 Å². The lowest BCUT2D eigenvalue weighted by Crippen LogP contribution is -2.24. The van der Waals surface area contributed by atoms with Crippen molar-refractivity contribution in [2.75, 3.05) is 0 Å². The zero-order valence-electron chi connectivity index (χ0n) is 10.4. The predicted molar refractivity (Wildman–Crippen MR) is 66.7 cm³/mol. The summed E-state index contributed by atoms with van der Waals surface area (Å²) in [4.78, 5) is 16.3. The lowest BCUT2D eigenvalue weighted by atomic mass is 10.1. The molecule has 0 saturated heterocycles. The fourth-order valence-electron chi connectivity index (χ4n) is 1.87. The van der Waals surface area contributed by atoms with Crippen LogP contribution in [0.1, 0.15) is 12.8 Å². The van der Waals surface area contributed by atoms with Crippen molar-refractivity contribution in [2.24, 2.45) is 13.0 Å². The average Bonchev–Trinajstić information content (AvgIpc) is 2.79. The van der Waals surface area contributed by atoms with E-state index in [4.69, 9.17) is 10.5 Å². The molecule has 2 rings (SSSR count). The molecule has 0 radical (unpaired) electrons. The number of fused-ring (bicyclic) bond motifs is 1. The van der Waals surface area contributed by atoms with Crippen LogP contribution < -0.4 is 5.56 Å². The van der Waals surface area contributed by atoms with Gasteiger partial charge >= 0.3 is 0 Å². The second-order valence-electron chi connectivity index (χ2n) is 4.23. The van der Waals surface area contributed by atoms with E-state index < -0.39 is 0 Å². The maximum absolute atomic E-state index is 12.2. The van der Waals surface area contributed by atoms with Crippen LogP contribution in [-0.2, 0) is 13.6 Å². The highest BCUT2D eigenvalue weighted by molar-refractivity contribution is 5.72. The van der Waals surface area contributed by atoms with Crippen molar-refractivity contribution < 1.29 is 0 Å². The van der Waals surface area contributed by atoms with Gasteiger partial charge in [0, 0.05) is 20.0 Å². The molecule has 0 bridgehead atoms. The minimum atomic E-state index is -0.367. The SMILES string of the molecule is Cn1ncc2c(=O)n(C[C@@H](C#N)CCC#N)cnc21. The summed E-state index contributed by atoms with van der Waals surface area (Å²) in [5, 5.41) is 21.9. The van der Waals surface area contributed by atoms with E-state index in [1.54, 1.807) is 7.05 Å². The van der Waals surface area contributed by atoms with Crippen LogP contribution in [0.2, 0.25) is 0 Å². The van der Waals surface area contributed by atoms with Crippen LogP contribution in [0.15, 0.2) is 17.3 Å². The summed E-state index contributed by atoms with van der Waals surface area (Å²) in [6, 6.07) is 4.10. The normalized spacial score (nSPS) is 11.9. The van der Waals surface area contributed by atoms with Gasteiger partial charge in [-0.25, -0.2) is 4.98 Å². The first-order valence-corrected chi connectivity index (χ1v) is 5.81. The summed E-state index contributed by atoms with van der Waals surface area (Å²) in [6.07, 6.45) is 3.64. The van der Waals surface area contributed by atoms with E-state index in [1.165, 1.54) is 21.8 Å². The molecule has 0 saturated carbocycles. The molecule has 0 spiro atoms. The van der Waals surface area contributed by atoms with Crippen LogP contribution in [0.5, 0.6) is 0 Å². The van der Waals surface area contributed by atoms with Crippen LogP contribution in [0.4, 0.5) is 0 Å². The highest BCUT2D eigenvalue weighted by atomic mass is 16.1. The fourth-order valence-corrected chi connectivity index (χ4v) is 1.87. The number of aryl methyl sites for hydroxylation is 1. The molecule has 2 aromatic heterocycles. The lowest BCUT2D eigenvalue weighted by Gasteiger charge is -2.09. The summed E-state index contributed by atoms with van der Waals surface area (Å²) in [5.41, 5.74) is 0.307. The van der Waals surface area contributed by atoms with Gasteiger partial charge in [-0.15, -0.1) is 0 Å². The highest BCUT2D eigenvalue weighted by Gasteiger charge is 2.12. The second kappa shape index (κ2) is 5.32. The van der Waals surface area contributed by atoms with Gasteiger partial charge in [-0.3, -0.25) is 14.0 Å². The van der Waals surface area contributed by atoms with E-state index in [1.807, 2.05) is 6.07 Å². The average molecular weight is 256 g/mol. The molecule has 0 N–H and O–H groups in total. The first-order chi connectivity index (χ1) is 9.17. The third-order valence-electron chi connectivity index (χ3n) is 2.92. The Hall–Kier alpha value is -2.67. The molecule has 0 unspecified atom stereocenters. The van der Waals surface area contributed by atoms with Crippen LogP contribution >= 0.6 is 0 Å². The molecular weight excluding hydrogens is 244 g/mol. The minimum Gasteiger partial charge on any atom is -0.297 e. The van der Waals surface area contributed by atoms with Crippen LogP contribution in [0.3, 0.4) is 0 Å². The van der Waals surface area contributed by atoms with E-state index >= 15 is 0 Å². The molecule has 0 aromatic carbocycles. The zero-order valence-corrected chi connectivity index (χ0v) is 10.4. The molecule has 0 aliphatic rings. The first-order valence-electron chi connectivity index (χ1n) is 5.81. The molecule has 2 aromatic rings. The van der Waals surface area contributed by atoms with Gasteiger partial charge in [0.05, 0.1) is 24.3 Å². The van der Waals surface area contributed by atoms with Gasteiger partial charge in [0.25, 0.3) is 5.56 Å². The summed E-state index contributed by atoms with van der Waals surface area (Å²) in [6.45, 7) is 0.245. The van der Waals surface area contributed by atoms with Gasteiger partial charge in [0.1, 0.15) is 11.7 Å². The van der Waals surface area contributed by atoms with Crippen LogP contribution in [-0.4, -0.2) is 19.3 Å². The number of aromatic nitrogens is 4. The van der Waals surface area contributed by atoms with Crippen molar-refractivity contribution in [3.05, 3.63) is 22.9 Å². The smallest absolute Gasteiger partial charge is 0.264 e. The molecule has 0 aliphatic heterocycles. The van der Waals surface area contributed by atoms with Crippen molar-refractivity contribution in [1.82, 2.24) is 19.3 Å². The van der Waals surface area contributed by atoms with E-state index in [-0.39, 0.29) is 18.0 Å². The van der Waals surface area contributed by atoms with Crippen molar-refractivity contribution in [3.63, 3.8) is 0 Å². The molecule has 7 nitrogen and oxygen atoms in total. The standard InChI is InChI=1S/C12H12N6O/c1-17-11-10(6-16-17)12(19)18(8-15-11)7-9(5-14)3-2-4-13/h6,8-9H,2-3,7H2,1H3/t9-/m1/s1. The Morgan fingerprint density at radius 2 is 2.26 bits per heavy atom. The van der Waals surface area contributed by atoms with Gasteiger partial charge in [-0.05, 0) is 6.42 Å². The fraction of sp³-hybridized carbons (Fsp3) is 0.417. The topological polar surface area (TPSA) is 100 Å². The Kier molecular flexibility index (Phi) is 3.58. The maximum atomic E-state index is 12.2. The molecule has 0 amide bonds. The summed E-state index contributed by atoms with van der Waals surface area (Å²) in [5.74, 6) is -0.367. The molecule has 7 heteroatoms. The van der Waals surface area contributed by atoms with Crippen molar-refractivity contribution >= 4 is 11.0 Å². The largest absolute Gasteiger partial charge is 0.297 e. The molecular formula is C12H12N6O.